The molecule has 0 saturated heterocycles. The molecule has 0 amide bonds. The molecule has 0 saturated carbocycles. The van der Waals surface area contributed by atoms with Crippen molar-refractivity contribution in [3.8, 4) is 0 Å². The predicted octanol–water partition coefficient (Wildman–Crippen LogP) is 6.57. The van der Waals surface area contributed by atoms with Crippen molar-refractivity contribution in [2.45, 2.75) is 12.8 Å². The first-order chi connectivity index (χ1) is 11.8. The Morgan fingerprint density at radius 3 is 1.92 bits per heavy atom. The van der Waals surface area contributed by atoms with Gasteiger partial charge in [0.1, 0.15) is 0 Å². The van der Waals surface area contributed by atoms with Gasteiger partial charge >= 0.3 is 0 Å². The molecule has 24 heavy (non-hydrogen) atoms. The predicted molar refractivity (Wildman–Crippen MR) is 105 cm³/mol. The molecule has 0 bridgehead atoms. The highest BCUT2D eigenvalue weighted by atomic mass is 79.9. The topological polar surface area (TPSA) is 3.24 Å². The second-order valence-corrected chi connectivity index (χ2v) is 6.81. The van der Waals surface area contributed by atoms with Crippen molar-refractivity contribution in [1.29, 1.82) is 0 Å². The van der Waals surface area contributed by atoms with Gasteiger partial charge in [0.2, 0.25) is 0 Å². The smallest absolute Gasteiger partial charge is 0.0458 e. The van der Waals surface area contributed by atoms with Crippen LogP contribution in [0.3, 0.4) is 0 Å². The Morgan fingerprint density at radius 1 is 0.667 bits per heavy atom. The molecule has 2 heteroatoms. The van der Waals surface area contributed by atoms with Gasteiger partial charge in [-0.1, -0.05) is 64.5 Å². The van der Waals surface area contributed by atoms with E-state index in [1.807, 2.05) is 0 Å². The molecule has 0 fully saturated rings. The molecule has 1 nitrogen and oxygen atoms in total. The molecule has 1 aliphatic rings. The SMILES string of the molecule is Brc1cccc2c1C=C(N(c1ccccc1)c1ccccc1)CC2. The van der Waals surface area contributed by atoms with Crippen molar-refractivity contribution in [2.75, 3.05) is 4.90 Å². The summed E-state index contributed by atoms with van der Waals surface area (Å²) >= 11 is 3.71. The van der Waals surface area contributed by atoms with Crippen molar-refractivity contribution in [2.24, 2.45) is 0 Å². The summed E-state index contributed by atoms with van der Waals surface area (Å²) in [4.78, 5) is 2.36. The van der Waals surface area contributed by atoms with Crippen LogP contribution in [0.2, 0.25) is 0 Å². The molecule has 0 aromatic heterocycles. The lowest BCUT2D eigenvalue weighted by Gasteiger charge is -2.30. The van der Waals surface area contributed by atoms with Crippen LogP contribution in [-0.2, 0) is 6.42 Å². The monoisotopic (exact) mass is 375 g/mol. The van der Waals surface area contributed by atoms with Crippen molar-refractivity contribution in [3.05, 3.63) is 100 Å². The fraction of sp³-hybridized carbons (Fsp3) is 0.0909. The first-order valence-corrected chi connectivity index (χ1v) is 9.00. The molecule has 0 atom stereocenters. The average molecular weight is 376 g/mol. The molecule has 3 aromatic rings. The summed E-state index contributed by atoms with van der Waals surface area (Å²) < 4.78 is 1.17. The average Bonchev–Trinajstić information content (AvgIpc) is 2.64. The molecule has 0 radical (unpaired) electrons. The molecule has 0 N–H and O–H groups in total. The van der Waals surface area contributed by atoms with Gasteiger partial charge < -0.3 is 4.90 Å². The minimum absolute atomic E-state index is 1.03. The number of halogens is 1. The highest BCUT2D eigenvalue weighted by molar-refractivity contribution is 9.10. The van der Waals surface area contributed by atoms with Crippen molar-refractivity contribution >= 4 is 33.4 Å². The third-order valence-electron chi connectivity index (χ3n) is 4.42. The Balaban J connectivity index is 1.85. The first kappa shape index (κ1) is 15.2. The van der Waals surface area contributed by atoms with Crippen molar-refractivity contribution in [3.63, 3.8) is 0 Å². The van der Waals surface area contributed by atoms with Gasteiger partial charge in [0.15, 0.2) is 0 Å². The highest BCUT2D eigenvalue weighted by Crippen LogP contribution is 2.37. The van der Waals surface area contributed by atoms with E-state index in [-0.39, 0.29) is 0 Å². The molecular formula is C22H18BrN. The molecule has 1 aliphatic carbocycles. The van der Waals surface area contributed by atoms with Crippen LogP contribution in [0.1, 0.15) is 17.5 Å². The van der Waals surface area contributed by atoms with E-state index < -0.39 is 0 Å². The van der Waals surface area contributed by atoms with Crippen LogP contribution in [0.15, 0.2) is 89.0 Å². The standard InChI is InChI=1S/C22H18BrN/c23-22-13-7-8-17-14-15-20(16-21(17)22)24(18-9-3-1-4-10-18)19-11-5-2-6-12-19/h1-13,16H,14-15H2. The van der Waals surface area contributed by atoms with Crippen LogP contribution in [0, 0.1) is 0 Å². The summed E-state index contributed by atoms with van der Waals surface area (Å²) in [7, 11) is 0. The zero-order chi connectivity index (χ0) is 16.4. The molecule has 0 unspecified atom stereocenters. The van der Waals surface area contributed by atoms with Crippen LogP contribution in [-0.4, -0.2) is 0 Å². The number of anilines is 2. The molecule has 4 rings (SSSR count). The van der Waals surface area contributed by atoms with Gasteiger partial charge in [-0.2, -0.15) is 0 Å². The number of nitrogens with zero attached hydrogens (tertiary/aromatic N) is 1. The number of hydrogen-bond donors (Lipinski definition) is 0. The number of benzene rings is 3. The van der Waals surface area contributed by atoms with Crippen molar-refractivity contribution < 1.29 is 0 Å². The third kappa shape index (κ3) is 2.90. The van der Waals surface area contributed by atoms with Gasteiger partial charge in [0.05, 0.1) is 0 Å². The zero-order valence-electron chi connectivity index (χ0n) is 13.3. The van der Waals surface area contributed by atoms with Crippen LogP contribution >= 0.6 is 15.9 Å². The molecular weight excluding hydrogens is 358 g/mol. The van der Waals surface area contributed by atoms with E-state index in [4.69, 9.17) is 0 Å². The van der Waals surface area contributed by atoms with Gasteiger partial charge in [-0.15, -0.1) is 0 Å². The summed E-state index contributed by atoms with van der Waals surface area (Å²) in [5.41, 5.74) is 6.44. The largest absolute Gasteiger partial charge is 0.314 e. The maximum atomic E-state index is 3.71. The lowest BCUT2D eigenvalue weighted by atomic mass is 9.94. The minimum atomic E-state index is 1.03. The van der Waals surface area contributed by atoms with E-state index >= 15 is 0 Å². The second-order valence-electron chi connectivity index (χ2n) is 5.95. The number of rotatable bonds is 3. The number of hydrogen-bond acceptors (Lipinski definition) is 1. The zero-order valence-corrected chi connectivity index (χ0v) is 14.9. The fourth-order valence-electron chi connectivity index (χ4n) is 3.27. The lowest BCUT2D eigenvalue weighted by molar-refractivity contribution is 0.892. The Hall–Kier alpha value is -2.32. The van der Waals surface area contributed by atoms with Crippen LogP contribution in [0.4, 0.5) is 11.4 Å². The van der Waals surface area contributed by atoms with E-state index in [1.54, 1.807) is 0 Å². The number of allylic oxidation sites excluding steroid dienone is 1. The van der Waals surface area contributed by atoms with Crippen molar-refractivity contribution in [1.82, 2.24) is 0 Å². The normalized spacial score (nSPS) is 13.1. The van der Waals surface area contributed by atoms with Gasteiger partial charge in [0.25, 0.3) is 0 Å². The van der Waals surface area contributed by atoms with Crippen LogP contribution < -0.4 is 4.90 Å². The Labute approximate surface area is 151 Å². The Morgan fingerprint density at radius 2 is 1.29 bits per heavy atom. The van der Waals surface area contributed by atoms with Gasteiger partial charge in [-0.25, -0.2) is 0 Å². The molecule has 3 aromatic carbocycles. The maximum absolute atomic E-state index is 3.71. The molecule has 0 heterocycles. The Kier molecular flexibility index (Phi) is 4.22. The molecule has 118 valence electrons. The first-order valence-electron chi connectivity index (χ1n) is 8.21. The summed E-state index contributed by atoms with van der Waals surface area (Å²) in [5, 5.41) is 0. The highest BCUT2D eigenvalue weighted by Gasteiger charge is 2.19. The van der Waals surface area contributed by atoms with Crippen LogP contribution in [0.5, 0.6) is 0 Å². The summed E-state index contributed by atoms with van der Waals surface area (Å²) in [6.45, 7) is 0. The number of fused-ring (bicyclic) bond motifs is 1. The number of para-hydroxylation sites is 2. The maximum Gasteiger partial charge on any atom is 0.0458 e. The van der Waals surface area contributed by atoms with E-state index in [0.29, 0.717) is 0 Å². The number of aryl methyl sites for hydroxylation is 1. The van der Waals surface area contributed by atoms with Crippen LogP contribution in [0.25, 0.3) is 6.08 Å². The Bertz CT molecular complexity index is 829. The lowest BCUT2D eigenvalue weighted by Crippen LogP contribution is -2.19. The second kappa shape index (κ2) is 6.66. The fourth-order valence-corrected chi connectivity index (χ4v) is 3.80. The van der Waals surface area contributed by atoms with Gasteiger partial charge in [-0.3, -0.25) is 0 Å². The summed E-state index contributed by atoms with van der Waals surface area (Å²) in [6.07, 6.45) is 4.42. The van der Waals surface area contributed by atoms with E-state index in [2.05, 4.69) is 106 Å². The van der Waals surface area contributed by atoms with Gasteiger partial charge in [0, 0.05) is 21.5 Å². The summed E-state index contributed by atoms with van der Waals surface area (Å²) in [5.74, 6) is 0. The van der Waals surface area contributed by atoms with E-state index in [0.717, 1.165) is 12.8 Å². The third-order valence-corrected chi connectivity index (χ3v) is 5.11. The summed E-state index contributed by atoms with van der Waals surface area (Å²) in [6, 6.07) is 27.7. The molecule has 0 aliphatic heterocycles. The molecule has 0 spiro atoms. The van der Waals surface area contributed by atoms with E-state index in [1.165, 1.54) is 32.7 Å². The van der Waals surface area contributed by atoms with E-state index in [9.17, 15) is 0 Å². The van der Waals surface area contributed by atoms with Gasteiger partial charge in [-0.05, 0) is 60.4 Å². The quantitative estimate of drug-likeness (QED) is 0.499. The minimum Gasteiger partial charge on any atom is -0.314 e.